The van der Waals surface area contributed by atoms with Crippen molar-refractivity contribution in [3.05, 3.63) is 0 Å². The predicted octanol–water partition coefficient (Wildman–Crippen LogP) is -0.633. The Labute approximate surface area is 75.3 Å². The van der Waals surface area contributed by atoms with Gasteiger partial charge in [-0.1, -0.05) is 0 Å². The van der Waals surface area contributed by atoms with E-state index in [1.807, 2.05) is 0 Å². The van der Waals surface area contributed by atoms with Crippen molar-refractivity contribution in [1.82, 2.24) is 0 Å². The molecule has 0 aromatic heterocycles. The van der Waals surface area contributed by atoms with Gasteiger partial charge < -0.3 is 14.2 Å². The zero-order valence-corrected chi connectivity index (χ0v) is 7.62. The van der Waals surface area contributed by atoms with E-state index in [-0.39, 0.29) is 0 Å². The van der Waals surface area contributed by atoms with Gasteiger partial charge in [-0.15, -0.1) is 0 Å². The molecule has 1 unspecified atom stereocenters. The molecule has 0 heterocycles. The summed E-state index contributed by atoms with van der Waals surface area (Å²) in [6, 6.07) is 0. The average Bonchev–Trinajstić information content (AvgIpc) is 2.17. The standard InChI is InChI=1S/C7H11NO5/c1-11-5(7(10)13-3)4(8)6(9)12-2/h5,8H,1-3H3. The molecule has 0 aromatic carbocycles. The van der Waals surface area contributed by atoms with Crippen molar-refractivity contribution in [3.63, 3.8) is 0 Å². The summed E-state index contributed by atoms with van der Waals surface area (Å²) in [6.45, 7) is 0. The summed E-state index contributed by atoms with van der Waals surface area (Å²) in [7, 11) is 3.44. The lowest BCUT2D eigenvalue weighted by atomic mass is 10.2. The van der Waals surface area contributed by atoms with E-state index in [1.165, 1.54) is 7.11 Å². The highest BCUT2D eigenvalue weighted by Gasteiger charge is 2.29. The van der Waals surface area contributed by atoms with Crippen LogP contribution in [0.1, 0.15) is 0 Å². The first-order chi connectivity index (χ1) is 6.08. The maximum atomic E-state index is 10.9. The second-order valence-corrected chi connectivity index (χ2v) is 2.04. The van der Waals surface area contributed by atoms with Gasteiger partial charge in [-0.25, -0.2) is 9.59 Å². The van der Waals surface area contributed by atoms with Gasteiger partial charge in [-0.3, -0.25) is 5.41 Å². The van der Waals surface area contributed by atoms with E-state index in [2.05, 4.69) is 14.2 Å². The van der Waals surface area contributed by atoms with Crippen LogP contribution in [0.3, 0.4) is 0 Å². The number of methoxy groups -OCH3 is 3. The first kappa shape index (κ1) is 11.6. The molecule has 0 bridgehead atoms. The molecule has 0 aliphatic carbocycles. The molecule has 0 aliphatic heterocycles. The minimum atomic E-state index is -1.32. The Morgan fingerprint density at radius 1 is 1.15 bits per heavy atom. The van der Waals surface area contributed by atoms with E-state index in [9.17, 15) is 9.59 Å². The molecule has 0 fully saturated rings. The number of hydrogen-bond acceptors (Lipinski definition) is 6. The summed E-state index contributed by atoms with van der Waals surface area (Å²) in [5, 5.41) is 7.19. The Morgan fingerprint density at radius 2 is 1.69 bits per heavy atom. The third-order valence-electron chi connectivity index (χ3n) is 1.32. The largest absolute Gasteiger partial charge is 0.467 e. The summed E-state index contributed by atoms with van der Waals surface area (Å²) < 4.78 is 13.1. The predicted molar refractivity (Wildman–Crippen MR) is 42.6 cm³/mol. The lowest BCUT2D eigenvalue weighted by Crippen LogP contribution is -2.37. The lowest BCUT2D eigenvalue weighted by molar-refractivity contribution is -0.149. The van der Waals surface area contributed by atoms with Crippen LogP contribution in [0.4, 0.5) is 0 Å². The van der Waals surface area contributed by atoms with Gasteiger partial charge >= 0.3 is 11.9 Å². The molecule has 0 spiro atoms. The average molecular weight is 189 g/mol. The van der Waals surface area contributed by atoms with E-state index in [4.69, 9.17) is 5.41 Å². The van der Waals surface area contributed by atoms with Gasteiger partial charge in [0.15, 0.2) is 5.71 Å². The van der Waals surface area contributed by atoms with Crippen molar-refractivity contribution in [1.29, 1.82) is 5.41 Å². The quantitative estimate of drug-likeness (QED) is 0.470. The third kappa shape index (κ3) is 2.83. The van der Waals surface area contributed by atoms with Gasteiger partial charge in [0.2, 0.25) is 6.10 Å². The van der Waals surface area contributed by atoms with Crippen molar-refractivity contribution in [2.24, 2.45) is 0 Å². The molecule has 1 atom stereocenters. The van der Waals surface area contributed by atoms with Crippen molar-refractivity contribution < 1.29 is 23.8 Å². The number of hydrogen-bond donors (Lipinski definition) is 1. The highest BCUT2D eigenvalue weighted by atomic mass is 16.6. The van der Waals surface area contributed by atoms with Gasteiger partial charge in [0.05, 0.1) is 14.2 Å². The minimum Gasteiger partial charge on any atom is -0.467 e. The fourth-order valence-corrected chi connectivity index (χ4v) is 0.656. The molecular formula is C7H11NO5. The number of esters is 2. The van der Waals surface area contributed by atoms with E-state index < -0.39 is 23.8 Å². The van der Waals surface area contributed by atoms with E-state index in [0.717, 1.165) is 14.2 Å². The van der Waals surface area contributed by atoms with Crippen molar-refractivity contribution in [2.75, 3.05) is 21.3 Å². The fourth-order valence-electron chi connectivity index (χ4n) is 0.656. The number of rotatable bonds is 4. The zero-order chi connectivity index (χ0) is 10.4. The molecule has 13 heavy (non-hydrogen) atoms. The van der Waals surface area contributed by atoms with Crippen LogP contribution in [0.25, 0.3) is 0 Å². The molecule has 0 saturated carbocycles. The summed E-state index contributed by atoms with van der Waals surface area (Å²) in [5.41, 5.74) is -0.586. The van der Waals surface area contributed by atoms with Crippen molar-refractivity contribution >= 4 is 17.7 Å². The van der Waals surface area contributed by atoms with E-state index >= 15 is 0 Å². The summed E-state index contributed by atoms with van der Waals surface area (Å²) in [4.78, 5) is 21.7. The second-order valence-electron chi connectivity index (χ2n) is 2.04. The van der Waals surface area contributed by atoms with Gasteiger partial charge in [-0.2, -0.15) is 0 Å². The topological polar surface area (TPSA) is 85.7 Å². The fraction of sp³-hybridized carbons (Fsp3) is 0.571. The van der Waals surface area contributed by atoms with Gasteiger partial charge in [0.1, 0.15) is 0 Å². The minimum absolute atomic E-state index is 0.586. The molecule has 0 saturated heterocycles. The van der Waals surface area contributed by atoms with E-state index in [1.54, 1.807) is 0 Å². The zero-order valence-electron chi connectivity index (χ0n) is 7.62. The Morgan fingerprint density at radius 3 is 2.00 bits per heavy atom. The Balaban J connectivity index is 4.49. The van der Waals surface area contributed by atoms with Crippen LogP contribution in [-0.2, 0) is 23.8 Å². The second kappa shape index (κ2) is 5.26. The molecular weight excluding hydrogens is 178 g/mol. The van der Waals surface area contributed by atoms with Gasteiger partial charge in [0, 0.05) is 7.11 Å². The normalized spacial score (nSPS) is 11.6. The maximum Gasteiger partial charge on any atom is 0.355 e. The number of nitrogens with one attached hydrogen (secondary N) is 1. The smallest absolute Gasteiger partial charge is 0.355 e. The highest BCUT2D eigenvalue weighted by Crippen LogP contribution is 1.97. The number of carbonyl (C=O) groups is 2. The number of ether oxygens (including phenoxy) is 3. The third-order valence-corrected chi connectivity index (χ3v) is 1.32. The van der Waals surface area contributed by atoms with Crippen molar-refractivity contribution in [2.45, 2.75) is 6.10 Å². The summed E-state index contributed by atoms with van der Waals surface area (Å²) in [5.74, 6) is -1.73. The first-order valence-corrected chi connectivity index (χ1v) is 3.35. The van der Waals surface area contributed by atoms with Crippen LogP contribution < -0.4 is 0 Å². The Bertz CT molecular complexity index is 225. The Kier molecular flexibility index (Phi) is 4.68. The molecule has 74 valence electrons. The maximum absolute atomic E-state index is 10.9. The summed E-state index contributed by atoms with van der Waals surface area (Å²) >= 11 is 0. The SMILES string of the molecule is COC(=O)C(=N)C(OC)C(=O)OC. The molecule has 6 nitrogen and oxygen atoms in total. The van der Waals surface area contributed by atoms with Crippen molar-refractivity contribution in [3.8, 4) is 0 Å². The van der Waals surface area contributed by atoms with Crippen LogP contribution in [0.5, 0.6) is 0 Å². The van der Waals surface area contributed by atoms with Crippen LogP contribution in [0, 0.1) is 5.41 Å². The highest BCUT2D eigenvalue weighted by molar-refractivity contribution is 6.40. The van der Waals surface area contributed by atoms with E-state index in [0.29, 0.717) is 0 Å². The molecule has 0 rings (SSSR count). The molecule has 0 radical (unpaired) electrons. The summed E-state index contributed by atoms with van der Waals surface area (Å²) in [6.07, 6.45) is -1.32. The monoisotopic (exact) mass is 189 g/mol. The molecule has 6 heteroatoms. The number of carbonyl (C=O) groups excluding carboxylic acids is 2. The van der Waals surface area contributed by atoms with Crippen LogP contribution in [-0.4, -0.2) is 45.1 Å². The molecule has 0 amide bonds. The van der Waals surface area contributed by atoms with Gasteiger partial charge in [0.25, 0.3) is 0 Å². The molecule has 1 N–H and O–H groups in total. The lowest BCUT2D eigenvalue weighted by Gasteiger charge is -2.11. The first-order valence-electron chi connectivity index (χ1n) is 3.35. The molecule has 0 aliphatic rings. The van der Waals surface area contributed by atoms with Crippen LogP contribution >= 0.6 is 0 Å². The van der Waals surface area contributed by atoms with Crippen LogP contribution in [0.15, 0.2) is 0 Å². The molecule has 0 aromatic rings. The van der Waals surface area contributed by atoms with Crippen LogP contribution in [0.2, 0.25) is 0 Å². The Hall–Kier alpha value is -1.43. The van der Waals surface area contributed by atoms with Gasteiger partial charge in [-0.05, 0) is 0 Å².